The molecular weight excluding hydrogens is 506 g/mol. The molecule has 0 saturated heterocycles. The Bertz CT molecular complexity index is 1350. The lowest BCUT2D eigenvalue weighted by atomic mass is 10.00. The normalized spacial score (nSPS) is 14.1. The zero-order valence-electron chi connectivity index (χ0n) is 21.5. The zero-order chi connectivity index (χ0) is 27.4. The maximum atomic E-state index is 14.2. The van der Waals surface area contributed by atoms with E-state index in [9.17, 15) is 14.4 Å². The second kappa shape index (κ2) is 11.5. The Morgan fingerprint density at radius 3 is 2.37 bits per heavy atom. The summed E-state index contributed by atoms with van der Waals surface area (Å²) in [5.74, 6) is -0.871. The number of hydrogen-bond acceptors (Lipinski definition) is 8. The van der Waals surface area contributed by atoms with Crippen LogP contribution in [0.5, 0.6) is 11.5 Å². The first-order chi connectivity index (χ1) is 18.3. The van der Waals surface area contributed by atoms with Gasteiger partial charge in [0.2, 0.25) is 5.91 Å². The largest absolute Gasteiger partial charge is 0.493 e. The van der Waals surface area contributed by atoms with Crippen molar-refractivity contribution in [2.24, 2.45) is 5.73 Å². The van der Waals surface area contributed by atoms with Crippen molar-refractivity contribution in [2.45, 2.75) is 44.7 Å². The molecule has 1 heterocycles. The predicted octanol–water partition coefficient (Wildman–Crippen LogP) is 3.60. The van der Waals surface area contributed by atoms with Gasteiger partial charge in [-0.1, -0.05) is 37.1 Å². The summed E-state index contributed by atoms with van der Waals surface area (Å²) >= 11 is 0.769. The number of amides is 3. The lowest BCUT2D eigenvalue weighted by Crippen LogP contribution is -2.46. The highest BCUT2D eigenvalue weighted by molar-refractivity contribution is 7.09. The Morgan fingerprint density at radius 2 is 1.76 bits per heavy atom. The fourth-order valence-electron chi connectivity index (χ4n) is 4.73. The van der Waals surface area contributed by atoms with Crippen molar-refractivity contribution in [2.75, 3.05) is 24.9 Å². The third-order valence-electron chi connectivity index (χ3n) is 6.68. The molecule has 1 fully saturated rings. The number of aryl methyl sites for hydroxylation is 1. The molecule has 0 radical (unpaired) electrons. The Morgan fingerprint density at radius 1 is 1.08 bits per heavy atom. The summed E-state index contributed by atoms with van der Waals surface area (Å²) < 4.78 is 14.9. The van der Waals surface area contributed by atoms with E-state index in [0.29, 0.717) is 22.7 Å². The number of carbonyl (C=O) groups excluding carboxylic acids is 3. The van der Waals surface area contributed by atoms with Gasteiger partial charge in [-0.3, -0.25) is 19.3 Å². The van der Waals surface area contributed by atoms with Crippen LogP contribution < -0.4 is 31.2 Å². The summed E-state index contributed by atoms with van der Waals surface area (Å²) in [6, 6.07) is 11.3. The van der Waals surface area contributed by atoms with Crippen LogP contribution in [-0.2, 0) is 4.79 Å². The minimum Gasteiger partial charge on any atom is -0.493 e. The van der Waals surface area contributed by atoms with Crippen molar-refractivity contribution in [3.05, 3.63) is 64.2 Å². The fraction of sp³-hybridized carbons (Fsp3) is 0.333. The summed E-state index contributed by atoms with van der Waals surface area (Å²) in [4.78, 5) is 41.5. The SMILES string of the molecule is COc1ccc(C(C(=O)NC2CCCC2)N(C(=O)c2snc(C(N)=O)c2N)c2ccccc2C)cc1OC. The van der Waals surface area contributed by atoms with Gasteiger partial charge in [0.05, 0.1) is 19.9 Å². The summed E-state index contributed by atoms with van der Waals surface area (Å²) in [6.45, 7) is 1.85. The van der Waals surface area contributed by atoms with E-state index in [1.165, 1.54) is 19.1 Å². The summed E-state index contributed by atoms with van der Waals surface area (Å²) in [6.07, 6.45) is 3.79. The van der Waals surface area contributed by atoms with E-state index >= 15 is 0 Å². The molecule has 1 aliphatic carbocycles. The van der Waals surface area contributed by atoms with Gasteiger partial charge in [-0.05, 0) is 60.6 Å². The van der Waals surface area contributed by atoms with Gasteiger partial charge in [0, 0.05) is 11.7 Å². The second-order valence-corrected chi connectivity index (χ2v) is 9.88. The van der Waals surface area contributed by atoms with Crippen LogP contribution in [0.4, 0.5) is 11.4 Å². The van der Waals surface area contributed by atoms with E-state index in [1.54, 1.807) is 30.3 Å². The number of nitrogen functional groups attached to an aromatic ring is 1. The number of methoxy groups -OCH3 is 2. The number of aromatic nitrogens is 1. The minimum absolute atomic E-state index is 0.00824. The van der Waals surface area contributed by atoms with Crippen LogP contribution >= 0.6 is 11.5 Å². The number of nitrogens with zero attached hydrogens (tertiary/aromatic N) is 2. The summed E-state index contributed by atoms with van der Waals surface area (Å²) in [7, 11) is 3.02. The molecule has 4 rings (SSSR count). The van der Waals surface area contributed by atoms with E-state index in [0.717, 1.165) is 42.8 Å². The number of anilines is 2. The lowest BCUT2D eigenvalue weighted by molar-refractivity contribution is -0.123. The molecule has 2 aromatic carbocycles. The van der Waals surface area contributed by atoms with Gasteiger partial charge < -0.3 is 26.3 Å². The molecular formula is C27H31N5O5S. The van der Waals surface area contributed by atoms with Gasteiger partial charge in [0.1, 0.15) is 10.9 Å². The monoisotopic (exact) mass is 537 g/mol. The second-order valence-electron chi connectivity index (χ2n) is 9.11. The summed E-state index contributed by atoms with van der Waals surface area (Å²) in [5.41, 5.74) is 13.0. The number of primary amides is 1. The molecule has 10 nitrogen and oxygen atoms in total. The highest BCUT2D eigenvalue weighted by Crippen LogP contribution is 2.38. The molecule has 0 spiro atoms. The molecule has 11 heteroatoms. The maximum absolute atomic E-state index is 14.2. The number of carbonyl (C=O) groups is 3. The van der Waals surface area contributed by atoms with Crippen LogP contribution in [0.3, 0.4) is 0 Å². The van der Waals surface area contributed by atoms with Crippen molar-refractivity contribution in [1.29, 1.82) is 0 Å². The van der Waals surface area contributed by atoms with Gasteiger partial charge in [-0.25, -0.2) is 0 Å². The average Bonchev–Trinajstić information content (AvgIpc) is 3.56. The van der Waals surface area contributed by atoms with Crippen LogP contribution in [-0.4, -0.2) is 42.4 Å². The molecule has 3 amide bonds. The number of rotatable bonds is 9. The van der Waals surface area contributed by atoms with E-state index in [2.05, 4.69) is 9.69 Å². The highest BCUT2D eigenvalue weighted by Gasteiger charge is 2.38. The lowest BCUT2D eigenvalue weighted by Gasteiger charge is -2.33. The highest BCUT2D eigenvalue weighted by atomic mass is 32.1. The molecule has 0 aliphatic heterocycles. The quantitative estimate of drug-likeness (QED) is 0.377. The van der Waals surface area contributed by atoms with E-state index in [1.807, 2.05) is 19.1 Å². The first-order valence-electron chi connectivity index (χ1n) is 12.2. The predicted molar refractivity (Wildman–Crippen MR) is 146 cm³/mol. The van der Waals surface area contributed by atoms with Crippen LogP contribution in [0, 0.1) is 6.92 Å². The Balaban J connectivity index is 1.91. The molecule has 1 aliphatic rings. The van der Waals surface area contributed by atoms with E-state index < -0.39 is 17.9 Å². The topological polar surface area (TPSA) is 150 Å². The molecule has 38 heavy (non-hydrogen) atoms. The Hall–Kier alpha value is -4.12. The molecule has 1 atom stereocenters. The third kappa shape index (κ3) is 5.28. The number of benzene rings is 2. The minimum atomic E-state index is -1.09. The molecule has 0 bridgehead atoms. The number of para-hydroxylation sites is 1. The number of nitrogens with two attached hydrogens (primary N) is 2. The maximum Gasteiger partial charge on any atom is 0.273 e. The van der Waals surface area contributed by atoms with Crippen molar-refractivity contribution in [1.82, 2.24) is 9.69 Å². The molecule has 1 aromatic heterocycles. The van der Waals surface area contributed by atoms with Crippen molar-refractivity contribution in [3.8, 4) is 11.5 Å². The fourth-order valence-corrected chi connectivity index (χ4v) is 5.47. The van der Waals surface area contributed by atoms with Gasteiger partial charge >= 0.3 is 0 Å². The molecule has 1 saturated carbocycles. The first kappa shape index (κ1) is 26.9. The standard InChI is InChI=1S/C27H31N5O5S/c1-15-8-4-7-11-18(15)32(27(35)24-21(28)22(25(29)33)31-38-24)23(26(34)30-17-9-5-6-10-17)16-12-13-19(36-2)20(14-16)37-3/h4,7-8,11-14,17,23H,5-6,9-10,28H2,1-3H3,(H2,29,33)(H,30,34). The van der Waals surface area contributed by atoms with Crippen LogP contribution in [0.2, 0.25) is 0 Å². The van der Waals surface area contributed by atoms with Crippen molar-refractivity contribution in [3.63, 3.8) is 0 Å². The van der Waals surface area contributed by atoms with Crippen molar-refractivity contribution < 1.29 is 23.9 Å². The zero-order valence-corrected chi connectivity index (χ0v) is 22.3. The van der Waals surface area contributed by atoms with Gasteiger partial charge in [-0.2, -0.15) is 4.37 Å². The summed E-state index contributed by atoms with van der Waals surface area (Å²) in [5, 5.41) is 3.14. The number of hydrogen-bond donors (Lipinski definition) is 3. The molecule has 3 aromatic rings. The van der Waals surface area contributed by atoms with Crippen LogP contribution in [0.15, 0.2) is 42.5 Å². The van der Waals surface area contributed by atoms with Gasteiger partial charge in [0.15, 0.2) is 17.2 Å². The van der Waals surface area contributed by atoms with E-state index in [-0.39, 0.29) is 28.2 Å². The van der Waals surface area contributed by atoms with Crippen molar-refractivity contribution >= 4 is 40.6 Å². The first-order valence-corrected chi connectivity index (χ1v) is 13.0. The number of ether oxygens (including phenoxy) is 2. The molecule has 200 valence electrons. The third-order valence-corrected chi connectivity index (χ3v) is 7.53. The van der Waals surface area contributed by atoms with Crippen LogP contribution in [0.1, 0.15) is 63.0 Å². The average molecular weight is 538 g/mol. The van der Waals surface area contributed by atoms with Gasteiger partial charge in [0.25, 0.3) is 11.8 Å². The Labute approximate surface area is 225 Å². The molecule has 5 N–H and O–H groups in total. The number of nitrogens with one attached hydrogen (secondary N) is 1. The molecule has 1 unspecified atom stereocenters. The smallest absolute Gasteiger partial charge is 0.273 e. The van der Waals surface area contributed by atoms with Crippen LogP contribution in [0.25, 0.3) is 0 Å². The Kier molecular flexibility index (Phi) is 8.16. The van der Waals surface area contributed by atoms with Gasteiger partial charge in [-0.15, -0.1) is 0 Å². The van der Waals surface area contributed by atoms with E-state index in [4.69, 9.17) is 20.9 Å².